The Morgan fingerprint density at radius 2 is 2.22 bits per heavy atom. The van der Waals surface area contributed by atoms with Crippen LogP contribution in [0.25, 0.3) is 10.9 Å². The maximum atomic E-state index is 12.6. The number of carbonyl (C=O) groups is 2. The molecule has 1 aromatic heterocycles. The largest absolute Gasteiger partial charge is 0.481 e. The number of benzene rings is 1. The Morgan fingerprint density at radius 1 is 1.43 bits per heavy atom. The van der Waals surface area contributed by atoms with Crippen LogP contribution in [0.5, 0.6) is 0 Å². The van der Waals surface area contributed by atoms with Gasteiger partial charge in [-0.2, -0.15) is 0 Å². The Kier molecular flexibility index (Phi) is 3.73. The zero-order valence-electron chi connectivity index (χ0n) is 12.2. The first-order valence-corrected chi connectivity index (χ1v) is 7.26. The molecule has 1 aliphatic rings. The molecule has 8 heteroatoms. The molecule has 1 aromatic carbocycles. The number of nitro benzene ring substituents is 1. The van der Waals surface area contributed by atoms with Crippen molar-refractivity contribution in [1.29, 1.82) is 0 Å². The number of aromatic nitrogens is 1. The highest BCUT2D eigenvalue weighted by Crippen LogP contribution is 2.28. The summed E-state index contributed by atoms with van der Waals surface area (Å²) in [6.07, 6.45) is 1.31. The van der Waals surface area contributed by atoms with Gasteiger partial charge in [-0.1, -0.05) is 12.1 Å². The molecule has 2 heterocycles. The van der Waals surface area contributed by atoms with Crippen molar-refractivity contribution in [3.05, 3.63) is 40.1 Å². The van der Waals surface area contributed by atoms with E-state index in [-0.39, 0.29) is 29.8 Å². The number of nitro groups is 1. The quantitative estimate of drug-likeness (QED) is 0.662. The number of nitrogens with one attached hydrogen (secondary N) is 1. The van der Waals surface area contributed by atoms with E-state index in [4.69, 9.17) is 5.11 Å². The minimum Gasteiger partial charge on any atom is -0.481 e. The number of nitrogens with zero attached hydrogens (tertiary/aromatic N) is 2. The van der Waals surface area contributed by atoms with Crippen LogP contribution in [0.1, 0.15) is 29.8 Å². The predicted molar refractivity (Wildman–Crippen MR) is 81.3 cm³/mol. The number of aromatic amines is 1. The van der Waals surface area contributed by atoms with Gasteiger partial charge in [-0.15, -0.1) is 0 Å². The highest BCUT2D eigenvalue weighted by molar-refractivity contribution is 6.00. The third-order valence-corrected chi connectivity index (χ3v) is 4.11. The lowest BCUT2D eigenvalue weighted by Crippen LogP contribution is -2.37. The van der Waals surface area contributed by atoms with Crippen molar-refractivity contribution in [1.82, 2.24) is 9.88 Å². The summed E-state index contributed by atoms with van der Waals surface area (Å²) in [5.41, 5.74) is 0.450. The number of carboxylic acids is 1. The van der Waals surface area contributed by atoms with Gasteiger partial charge in [-0.3, -0.25) is 19.7 Å². The summed E-state index contributed by atoms with van der Waals surface area (Å²) < 4.78 is 0. The fraction of sp³-hybridized carbons (Fsp3) is 0.333. The van der Waals surface area contributed by atoms with Gasteiger partial charge >= 0.3 is 5.97 Å². The van der Waals surface area contributed by atoms with E-state index in [9.17, 15) is 19.7 Å². The minimum atomic E-state index is -0.943. The van der Waals surface area contributed by atoms with Crippen LogP contribution < -0.4 is 0 Å². The van der Waals surface area contributed by atoms with Crippen molar-refractivity contribution in [2.75, 3.05) is 6.54 Å². The van der Waals surface area contributed by atoms with E-state index in [2.05, 4.69) is 4.98 Å². The second-order valence-corrected chi connectivity index (χ2v) is 5.57. The van der Waals surface area contributed by atoms with Gasteiger partial charge in [0.05, 0.1) is 11.3 Å². The molecule has 23 heavy (non-hydrogen) atoms. The van der Waals surface area contributed by atoms with Crippen LogP contribution in [0.15, 0.2) is 24.3 Å². The Hall–Kier alpha value is -2.90. The van der Waals surface area contributed by atoms with Gasteiger partial charge in [-0.25, -0.2) is 0 Å². The molecule has 120 valence electrons. The van der Waals surface area contributed by atoms with Gasteiger partial charge < -0.3 is 15.0 Å². The summed E-state index contributed by atoms with van der Waals surface area (Å²) in [7, 11) is 0. The molecule has 1 fully saturated rings. The Labute approximate surface area is 130 Å². The van der Waals surface area contributed by atoms with Gasteiger partial charge in [-0.05, 0) is 18.9 Å². The average molecular weight is 317 g/mol. The van der Waals surface area contributed by atoms with Crippen LogP contribution in [0, 0.1) is 10.1 Å². The zero-order valence-corrected chi connectivity index (χ0v) is 12.2. The number of likely N-dealkylation sites (tertiary alicyclic amines) is 1. The summed E-state index contributed by atoms with van der Waals surface area (Å²) in [5, 5.41) is 20.6. The molecule has 1 saturated heterocycles. The van der Waals surface area contributed by atoms with Gasteiger partial charge in [0.1, 0.15) is 11.2 Å². The van der Waals surface area contributed by atoms with Gasteiger partial charge in [0.2, 0.25) is 0 Å². The second-order valence-electron chi connectivity index (χ2n) is 5.57. The topological polar surface area (TPSA) is 117 Å². The van der Waals surface area contributed by atoms with Crippen molar-refractivity contribution in [3.8, 4) is 0 Å². The van der Waals surface area contributed by atoms with E-state index in [0.29, 0.717) is 23.9 Å². The third-order valence-electron chi connectivity index (χ3n) is 4.11. The van der Waals surface area contributed by atoms with E-state index in [1.807, 2.05) is 0 Å². The van der Waals surface area contributed by atoms with Crippen molar-refractivity contribution in [3.63, 3.8) is 0 Å². The lowest BCUT2D eigenvalue weighted by atomic mass is 10.1. The maximum Gasteiger partial charge on any atom is 0.305 e. The first kappa shape index (κ1) is 15.0. The Balaban J connectivity index is 1.93. The van der Waals surface area contributed by atoms with Crippen molar-refractivity contribution in [2.45, 2.75) is 25.3 Å². The van der Waals surface area contributed by atoms with Crippen molar-refractivity contribution in [2.24, 2.45) is 0 Å². The fourth-order valence-electron chi connectivity index (χ4n) is 3.08. The van der Waals surface area contributed by atoms with E-state index in [1.165, 1.54) is 11.0 Å². The Morgan fingerprint density at radius 3 is 2.91 bits per heavy atom. The molecule has 1 aliphatic heterocycles. The number of H-pyrrole nitrogens is 1. The number of carbonyl (C=O) groups excluding carboxylic acids is 1. The molecule has 1 atom stereocenters. The average Bonchev–Trinajstić information content (AvgIpc) is 3.11. The zero-order chi connectivity index (χ0) is 16.6. The van der Waals surface area contributed by atoms with Crippen molar-refractivity contribution < 1.29 is 19.6 Å². The smallest absolute Gasteiger partial charge is 0.305 e. The molecular formula is C15H15N3O5. The van der Waals surface area contributed by atoms with Crippen LogP contribution in [0.3, 0.4) is 0 Å². The summed E-state index contributed by atoms with van der Waals surface area (Å²) in [6.45, 7) is 0.494. The monoisotopic (exact) mass is 317 g/mol. The van der Waals surface area contributed by atoms with E-state index in [1.54, 1.807) is 18.2 Å². The minimum absolute atomic E-state index is 0.0912. The number of rotatable bonds is 4. The molecule has 0 bridgehead atoms. The lowest BCUT2D eigenvalue weighted by Gasteiger charge is -2.22. The number of aliphatic carboxylic acids is 1. The molecule has 0 saturated carbocycles. The van der Waals surface area contributed by atoms with Crippen LogP contribution >= 0.6 is 0 Å². The first-order chi connectivity index (χ1) is 11.0. The number of carboxylic acid groups (broad SMARTS) is 1. The second kappa shape index (κ2) is 5.71. The molecule has 2 N–H and O–H groups in total. The summed E-state index contributed by atoms with van der Waals surface area (Å²) in [4.78, 5) is 38.4. The van der Waals surface area contributed by atoms with Crippen molar-refractivity contribution >= 4 is 28.5 Å². The molecule has 1 unspecified atom stereocenters. The maximum absolute atomic E-state index is 12.6. The predicted octanol–water partition coefficient (Wildman–Crippen LogP) is 2.16. The van der Waals surface area contributed by atoms with Crippen LogP contribution in [0.2, 0.25) is 0 Å². The number of para-hydroxylation sites is 1. The third kappa shape index (κ3) is 2.75. The highest BCUT2D eigenvalue weighted by Gasteiger charge is 2.32. The Bertz CT molecular complexity index is 798. The lowest BCUT2D eigenvalue weighted by molar-refractivity contribution is -0.383. The normalized spacial score (nSPS) is 17.6. The van der Waals surface area contributed by atoms with Crippen LogP contribution in [-0.2, 0) is 4.79 Å². The van der Waals surface area contributed by atoms with Crippen LogP contribution in [-0.4, -0.2) is 44.4 Å². The fourth-order valence-corrected chi connectivity index (χ4v) is 3.08. The molecule has 0 aliphatic carbocycles. The molecule has 2 aromatic rings. The molecule has 1 amide bonds. The summed E-state index contributed by atoms with van der Waals surface area (Å²) in [5.74, 6) is -1.26. The number of hydrogen-bond acceptors (Lipinski definition) is 4. The highest BCUT2D eigenvalue weighted by atomic mass is 16.6. The van der Waals surface area contributed by atoms with Crippen LogP contribution in [0.4, 0.5) is 5.69 Å². The standard InChI is InChI=1S/C15H15N3O5/c19-13(20)8-10-4-2-6-17(10)15(21)11-7-9-3-1-5-12(18(22)23)14(9)16-11/h1,3,5,7,10,16H,2,4,6,8H2,(H,19,20). The molecule has 0 spiro atoms. The number of non-ortho nitro benzene ring substituents is 1. The summed E-state index contributed by atoms with van der Waals surface area (Å²) in [6, 6.07) is 5.86. The molecule has 0 radical (unpaired) electrons. The van der Waals surface area contributed by atoms with Gasteiger partial charge in [0, 0.05) is 24.0 Å². The molecule has 8 nitrogen and oxygen atoms in total. The van der Waals surface area contributed by atoms with Gasteiger partial charge in [0.15, 0.2) is 0 Å². The number of fused-ring (bicyclic) bond motifs is 1. The first-order valence-electron chi connectivity index (χ1n) is 7.26. The van der Waals surface area contributed by atoms with E-state index >= 15 is 0 Å². The number of hydrogen-bond donors (Lipinski definition) is 2. The van der Waals surface area contributed by atoms with E-state index in [0.717, 1.165) is 6.42 Å². The molecular weight excluding hydrogens is 302 g/mol. The number of amides is 1. The van der Waals surface area contributed by atoms with Gasteiger partial charge in [0.25, 0.3) is 11.6 Å². The summed E-state index contributed by atoms with van der Waals surface area (Å²) >= 11 is 0. The molecule has 3 rings (SSSR count). The van der Waals surface area contributed by atoms with E-state index < -0.39 is 10.9 Å². The SMILES string of the molecule is O=C(O)CC1CCCN1C(=O)c1cc2cccc([N+](=O)[O-])c2[nH]1.